The average molecular weight is 258 g/mol. The van der Waals surface area contributed by atoms with Crippen molar-refractivity contribution in [2.24, 2.45) is 46.6 Å². The average Bonchev–Trinajstić information content (AvgIpc) is 2.34. The maximum Gasteiger partial charge on any atom is -0.00744 e. The molecule has 0 spiro atoms. The third-order valence-electron chi connectivity index (χ3n) is 4.26. The largest absolute Gasteiger partial charge is 0.330 e. The fourth-order valence-corrected chi connectivity index (χ4v) is 3.18. The summed E-state index contributed by atoms with van der Waals surface area (Å²) < 4.78 is 0. The van der Waals surface area contributed by atoms with Crippen molar-refractivity contribution in [1.29, 1.82) is 0 Å². The third kappa shape index (κ3) is 6.14. The lowest BCUT2D eigenvalue weighted by Gasteiger charge is -2.35. The van der Waals surface area contributed by atoms with Crippen LogP contribution >= 0.6 is 0 Å². The Labute approximate surface area is 113 Å². The summed E-state index contributed by atoms with van der Waals surface area (Å²) in [6.45, 7) is 7.59. The van der Waals surface area contributed by atoms with Crippen LogP contribution in [0.25, 0.3) is 0 Å². The van der Waals surface area contributed by atoms with Gasteiger partial charge in [-0.3, -0.25) is 0 Å². The Kier molecular flexibility index (Phi) is 10.6. The van der Waals surface area contributed by atoms with Gasteiger partial charge in [0.15, 0.2) is 0 Å². The molecule has 0 heterocycles. The van der Waals surface area contributed by atoms with Crippen LogP contribution in [0.5, 0.6) is 0 Å². The summed E-state index contributed by atoms with van der Waals surface area (Å²) in [5.41, 5.74) is 23.0. The van der Waals surface area contributed by atoms with E-state index < -0.39 is 0 Å². The van der Waals surface area contributed by atoms with Crippen LogP contribution in [0.1, 0.15) is 39.5 Å². The summed E-state index contributed by atoms with van der Waals surface area (Å²) in [4.78, 5) is 0. The standard InChI is InChI=1S/C14H34N4/c1-11(3-7-15)13(5-9-17)14(6-10-18)12(2)4-8-16/h11-14H,3-10,15-18H2,1-2H3. The number of hydrogen-bond donors (Lipinski definition) is 4. The predicted molar refractivity (Wildman–Crippen MR) is 80.0 cm³/mol. The summed E-state index contributed by atoms with van der Waals surface area (Å²) in [6, 6.07) is 0. The highest BCUT2D eigenvalue weighted by Crippen LogP contribution is 2.35. The Bertz CT molecular complexity index is 167. The van der Waals surface area contributed by atoms with Crippen molar-refractivity contribution in [3.8, 4) is 0 Å². The molecule has 4 heteroatoms. The van der Waals surface area contributed by atoms with E-state index in [1.54, 1.807) is 0 Å². The van der Waals surface area contributed by atoms with Crippen LogP contribution < -0.4 is 22.9 Å². The van der Waals surface area contributed by atoms with Gasteiger partial charge in [-0.25, -0.2) is 0 Å². The van der Waals surface area contributed by atoms with Crippen LogP contribution in [0.4, 0.5) is 0 Å². The Balaban J connectivity index is 4.72. The van der Waals surface area contributed by atoms with Crippen LogP contribution in [-0.2, 0) is 0 Å². The molecule has 0 fully saturated rings. The molecular weight excluding hydrogens is 224 g/mol. The zero-order chi connectivity index (χ0) is 14.0. The first kappa shape index (κ1) is 17.8. The van der Waals surface area contributed by atoms with Crippen molar-refractivity contribution >= 4 is 0 Å². The van der Waals surface area contributed by atoms with Gasteiger partial charge in [-0.05, 0) is 75.5 Å². The molecule has 4 unspecified atom stereocenters. The van der Waals surface area contributed by atoms with Gasteiger partial charge in [-0.2, -0.15) is 0 Å². The van der Waals surface area contributed by atoms with Gasteiger partial charge in [0.05, 0.1) is 0 Å². The minimum atomic E-state index is 0.621. The maximum atomic E-state index is 5.78. The van der Waals surface area contributed by atoms with Gasteiger partial charge in [0.1, 0.15) is 0 Å². The van der Waals surface area contributed by atoms with Gasteiger partial charge in [0.25, 0.3) is 0 Å². The molecular formula is C14H34N4. The van der Waals surface area contributed by atoms with Crippen LogP contribution in [0, 0.1) is 23.7 Å². The second kappa shape index (κ2) is 10.7. The maximum absolute atomic E-state index is 5.78. The van der Waals surface area contributed by atoms with E-state index in [-0.39, 0.29) is 0 Å². The molecule has 0 aliphatic rings. The number of rotatable bonds is 11. The minimum Gasteiger partial charge on any atom is -0.330 e. The highest BCUT2D eigenvalue weighted by molar-refractivity contribution is 4.80. The van der Waals surface area contributed by atoms with Crippen molar-refractivity contribution in [2.75, 3.05) is 26.2 Å². The van der Waals surface area contributed by atoms with Gasteiger partial charge in [-0.15, -0.1) is 0 Å². The Morgan fingerprint density at radius 1 is 0.556 bits per heavy atom. The van der Waals surface area contributed by atoms with Crippen LogP contribution in [0.15, 0.2) is 0 Å². The Morgan fingerprint density at radius 3 is 1.06 bits per heavy atom. The van der Waals surface area contributed by atoms with E-state index in [0.717, 1.165) is 51.9 Å². The van der Waals surface area contributed by atoms with Crippen LogP contribution in [-0.4, -0.2) is 26.2 Å². The monoisotopic (exact) mass is 258 g/mol. The second-order valence-corrected chi connectivity index (χ2v) is 5.59. The molecule has 0 aliphatic heterocycles. The third-order valence-corrected chi connectivity index (χ3v) is 4.26. The van der Waals surface area contributed by atoms with Crippen molar-refractivity contribution in [3.05, 3.63) is 0 Å². The summed E-state index contributed by atoms with van der Waals surface area (Å²) in [6.07, 6.45) is 4.28. The van der Waals surface area contributed by atoms with E-state index in [4.69, 9.17) is 22.9 Å². The van der Waals surface area contributed by atoms with E-state index in [0.29, 0.717) is 23.7 Å². The van der Waals surface area contributed by atoms with E-state index in [1.807, 2.05) is 0 Å². The molecule has 18 heavy (non-hydrogen) atoms. The molecule has 0 rings (SSSR count). The molecule has 0 aromatic rings. The molecule has 0 amide bonds. The van der Waals surface area contributed by atoms with E-state index in [9.17, 15) is 0 Å². The quantitative estimate of drug-likeness (QED) is 0.442. The topological polar surface area (TPSA) is 104 Å². The lowest BCUT2D eigenvalue weighted by atomic mass is 9.71. The van der Waals surface area contributed by atoms with Crippen LogP contribution in [0.2, 0.25) is 0 Å². The van der Waals surface area contributed by atoms with Gasteiger partial charge in [-0.1, -0.05) is 13.8 Å². The molecule has 4 nitrogen and oxygen atoms in total. The Hall–Kier alpha value is -0.160. The lowest BCUT2D eigenvalue weighted by molar-refractivity contribution is 0.151. The molecule has 4 atom stereocenters. The number of hydrogen-bond acceptors (Lipinski definition) is 4. The predicted octanol–water partition coefficient (Wildman–Crippen LogP) is 0.886. The molecule has 0 saturated carbocycles. The van der Waals surface area contributed by atoms with Crippen molar-refractivity contribution in [3.63, 3.8) is 0 Å². The summed E-state index contributed by atoms with van der Waals surface area (Å²) in [7, 11) is 0. The highest BCUT2D eigenvalue weighted by atomic mass is 14.6. The highest BCUT2D eigenvalue weighted by Gasteiger charge is 2.29. The van der Waals surface area contributed by atoms with Crippen molar-refractivity contribution < 1.29 is 0 Å². The summed E-state index contributed by atoms with van der Waals surface area (Å²) in [5, 5.41) is 0. The molecule has 0 radical (unpaired) electrons. The second-order valence-electron chi connectivity index (χ2n) is 5.59. The molecule has 0 aromatic heterocycles. The van der Waals surface area contributed by atoms with E-state index >= 15 is 0 Å². The zero-order valence-corrected chi connectivity index (χ0v) is 12.3. The smallest absolute Gasteiger partial charge is 0.00744 e. The SMILES string of the molecule is CC(CCN)C(CCN)C(CCN)C(C)CCN. The first-order valence-electron chi connectivity index (χ1n) is 7.42. The van der Waals surface area contributed by atoms with Crippen LogP contribution in [0.3, 0.4) is 0 Å². The summed E-state index contributed by atoms with van der Waals surface area (Å²) in [5.74, 6) is 2.50. The van der Waals surface area contributed by atoms with Gasteiger partial charge in [0, 0.05) is 0 Å². The molecule has 0 aliphatic carbocycles. The molecule has 0 saturated heterocycles. The zero-order valence-electron chi connectivity index (χ0n) is 12.3. The van der Waals surface area contributed by atoms with Gasteiger partial charge < -0.3 is 22.9 Å². The first-order chi connectivity index (χ1) is 8.62. The van der Waals surface area contributed by atoms with Crippen molar-refractivity contribution in [2.45, 2.75) is 39.5 Å². The van der Waals surface area contributed by atoms with E-state index in [2.05, 4.69) is 13.8 Å². The molecule has 110 valence electrons. The molecule has 0 bridgehead atoms. The van der Waals surface area contributed by atoms with Gasteiger partial charge in [0.2, 0.25) is 0 Å². The van der Waals surface area contributed by atoms with Crippen molar-refractivity contribution in [1.82, 2.24) is 0 Å². The Morgan fingerprint density at radius 2 is 0.833 bits per heavy atom. The molecule has 0 aromatic carbocycles. The minimum absolute atomic E-state index is 0.621. The number of nitrogens with two attached hydrogens (primary N) is 4. The normalized spacial score (nSPS) is 18.3. The first-order valence-corrected chi connectivity index (χ1v) is 7.42. The summed E-state index contributed by atoms with van der Waals surface area (Å²) >= 11 is 0. The fourth-order valence-electron chi connectivity index (χ4n) is 3.18. The van der Waals surface area contributed by atoms with Gasteiger partial charge >= 0.3 is 0 Å². The fraction of sp³-hybridized carbons (Fsp3) is 1.00. The van der Waals surface area contributed by atoms with E-state index in [1.165, 1.54) is 0 Å². The lowest BCUT2D eigenvalue weighted by Crippen LogP contribution is -2.32. The molecule has 8 N–H and O–H groups in total.